The lowest BCUT2D eigenvalue weighted by Crippen LogP contribution is -2.51. The molecule has 27 heavy (non-hydrogen) atoms. The zero-order valence-corrected chi connectivity index (χ0v) is 16.3. The molecule has 0 unspecified atom stereocenters. The van der Waals surface area contributed by atoms with Crippen LogP contribution in [0.4, 0.5) is 4.39 Å². The van der Waals surface area contributed by atoms with Crippen molar-refractivity contribution in [2.45, 2.75) is 18.2 Å². The monoisotopic (exact) mass is 400 g/mol. The molecule has 0 radical (unpaired) electrons. The third kappa shape index (κ3) is 5.47. The second-order valence-electron chi connectivity index (χ2n) is 6.27. The van der Waals surface area contributed by atoms with Crippen molar-refractivity contribution in [2.24, 2.45) is 0 Å². The zero-order chi connectivity index (χ0) is 20.0. The smallest absolute Gasteiger partial charge is 0.256 e. The first-order chi connectivity index (χ1) is 12.8. The molecular weight excluding hydrogens is 375 g/mol. The highest BCUT2D eigenvalue weighted by Crippen LogP contribution is 2.18. The number of amides is 2. The van der Waals surface area contributed by atoms with E-state index in [-0.39, 0.29) is 22.9 Å². The summed E-state index contributed by atoms with van der Waals surface area (Å²) >= 11 is 0. The van der Waals surface area contributed by atoms with Gasteiger partial charge in [-0.15, -0.1) is 0 Å². The Labute approximate surface area is 158 Å². The Morgan fingerprint density at radius 3 is 2.44 bits per heavy atom. The molecule has 1 aliphatic rings. The molecule has 1 aromatic carbocycles. The normalized spacial score (nSPS) is 15.6. The second-order valence-corrected chi connectivity index (χ2v) is 8.15. The van der Waals surface area contributed by atoms with E-state index in [1.165, 1.54) is 11.9 Å². The van der Waals surface area contributed by atoms with E-state index in [1.54, 1.807) is 0 Å². The van der Waals surface area contributed by atoms with Crippen LogP contribution in [0.3, 0.4) is 0 Å². The van der Waals surface area contributed by atoms with E-state index in [0.29, 0.717) is 32.7 Å². The number of carbonyl (C=O) groups is 2. The van der Waals surface area contributed by atoms with Gasteiger partial charge in [0.25, 0.3) is 5.91 Å². The third-order valence-electron chi connectivity index (χ3n) is 4.35. The van der Waals surface area contributed by atoms with Gasteiger partial charge >= 0.3 is 0 Å². The molecule has 1 aromatic rings. The number of benzene rings is 1. The van der Waals surface area contributed by atoms with Crippen molar-refractivity contribution in [3.8, 4) is 0 Å². The lowest BCUT2D eigenvalue weighted by molar-refractivity contribution is -0.122. The van der Waals surface area contributed by atoms with E-state index in [1.807, 2.05) is 11.8 Å². The van der Waals surface area contributed by atoms with Gasteiger partial charge in [-0.1, -0.05) is 6.92 Å². The van der Waals surface area contributed by atoms with Gasteiger partial charge in [0, 0.05) is 32.7 Å². The van der Waals surface area contributed by atoms with E-state index in [2.05, 4.69) is 10.0 Å². The van der Waals surface area contributed by atoms with Crippen molar-refractivity contribution in [1.29, 1.82) is 0 Å². The average Bonchev–Trinajstić information content (AvgIpc) is 2.66. The number of hydrogen-bond donors (Lipinski definition) is 2. The van der Waals surface area contributed by atoms with Gasteiger partial charge < -0.3 is 10.2 Å². The lowest BCUT2D eigenvalue weighted by atomic mass is 10.1. The molecule has 10 heteroatoms. The highest BCUT2D eigenvalue weighted by molar-refractivity contribution is 7.89. The van der Waals surface area contributed by atoms with Crippen LogP contribution in [0.15, 0.2) is 23.1 Å². The van der Waals surface area contributed by atoms with Crippen LogP contribution in [0.1, 0.15) is 23.7 Å². The largest absolute Gasteiger partial charge is 0.355 e. The fourth-order valence-electron chi connectivity index (χ4n) is 2.76. The van der Waals surface area contributed by atoms with Crippen molar-refractivity contribution in [3.63, 3.8) is 0 Å². The van der Waals surface area contributed by atoms with E-state index in [0.717, 1.165) is 24.6 Å². The minimum atomic E-state index is -3.77. The van der Waals surface area contributed by atoms with E-state index < -0.39 is 21.7 Å². The molecule has 150 valence electrons. The summed E-state index contributed by atoms with van der Waals surface area (Å²) in [5, 5.41) is 2.80. The Morgan fingerprint density at radius 1 is 1.19 bits per heavy atom. The maximum absolute atomic E-state index is 14.1. The number of rotatable bonds is 7. The SMILES string of the molecule is CCCNC(=O)CN1CCN(C(=O)c2cc(S(=O)(=O)NC)ccc2F)CC1. The summed E-state index contributed by atoms with van der Waals surface area (Å²) in [6.45, 7) is 4.50. The maximum atomic E-state index is 14.1. The number of sulfonamides is 1. The Hall–Kier alpha value is -2.04. The van der Waals surface area contributed by atoms with Crippen LogP contribution in [0.25, 0.3) is 0 Å². The minimum absolute atomic E-state index is 0.0624. The number of carbonyl (C=O) groups excluding carboxylic acids is 2. The number of hydrogen-bond acceptors (Lipinski definition) is 5. The lowest BCUT2D eigenvalue weighted by Gasteiger charge is -2.34. The van der Waals surface area contributed by atoms with E-state index in [9.17, 15) is 22.4 Å². The second kappa shape index (κ2) is 9.25. The topological polar surface area (TPSA) is 98.8 Å². The van der Waals surface area contributed by atoms with Gasteiger partial charge in [-0.25, -0.2) is 17.5 Å². The summed E-state index contributed by atoms with van der Waals surface area (Å²) in [6.07, 6.45) is 0.863. The van der Waals surface area contributed by atoms with Gasteiger partial charge in [0.2, 0.25) is 15.9 Å². The molecular formula is C17H25FN4O4S. The first-order valence-electron chi connectivity index (χ1n) is 8.80. The molecule has 2 amide bonds. The molecule has 0 spiro atoms. The highest BCUT2D eigenvalue weighted by atomic mass is 32.2. The number of piperazine rings is 1. The van der Waals surface area contributed by atoms with Crippen LogP contribution in [0.2, 0.25) is 0 Å². The Bertz CT molecular complexity index is 792. The van der Waals surface area contributed by atoms with Crippen molar-refractivity contribution < 1.29 is 22.4 Å². The average molecular weight is 400 g/mol. The predicted molar refractivity (Wildman–Crippen MR) is 98.3 cm³/mol. The first kappa shape index (κ1) is 21.3. The van der Waals surface area contributed by atoms with E-state index in [4.69, 9.17) is 0 Å². The number of halogens is 1. The quantitative estimate of drug-likeness (QED) is 0.672. The van der Waals surface area contributed by atoms with Gasteiger partial charge in [0.15, 0.2) is 0 Å². The molecule has 0 aromatic heterocycles. The molecule has 1 aliphatic heterocycles. The summed E-state index contributed by atoms with van der Waals surface area (Å²) in [5.74, 6) is -1.39. The molecule has 0 atom stereocenters. The standard InChI is InChI=1S/C17H25FN4O4S/c1-3-6-20-16(23)12-21-7-9-22(10-8-21)17(24)14-11-13(4-5-15(14)18)27(25,26)19-2/h4-5,11,19H,3,6-10,12H2,1-2H3,(H,20,23). The summed E-state index contributed by atoms with van der Waals surface area (Å²) in [6, 6.07) is 3.14. The summed E-state index contributed by atoms with van der Waals surface area (Å²) in [7, 11) is -2.53. The van der Waals surface area contributed by atoms with Gasteiger partial charge in [0.05, 0.1) is 17.0 Å². The first-order valence-corrected chi connectivity index (χ1v) is 10.3. The van der Waals surface area contributed by atoms with E-state index >= 15 is 0 Å². The van der Waals surface area contributed by atoms with Crippen LogP contribution in [0, 0.1) is 5.82 Å². The van der Waals surface area contributed by atoms with Gasteiger partial charge in [-0.05, 0) is 31.7 Å². The Balaban J connectivity index is 2.02. The van der Waals surface area contributed by atoms with Gasteiger partial charge in [-0.2, -0.15) is 0 Å². The van der Waals surface area contributed by atoms with Crippen molar-refractivity contribution >= 4 is 21.8 Å². The van der Waals surface area contributed by atoms with Crippen LogP contribution < -0.4 is 10.0 Å². The summed E-state index contributed by atoms with van der Waals surface area (Å²) < 4.78 is 40.0. The molecule has 0 bridgehead atoms. The van der Waals surface area contributed by atoms with Crippen molar-refractivity contribution in [3.05, 3.63) is 29.6 Å². The molecule has 2 N–H and O–H groups in total. The van der Waals surface area contributed by atoms with Gasteiger partial charge in [0.1, 0.15) is 5.82 Å². The molecule has 8 nitrogen and oxygen atoms in total. The number of nitrogens with zero attached hydrogens (tertiary/aromatic N) is 2. The fourth-order valence-corrected chi connectivity index (χ4v) is 3.51. The van der Waals surface area contributed by atoms with Crippen LogP contribution in [-0.4, -0.2) is 76.3 Å². The van der Waals surface area contributed by atoms with Crippen LogP contribution >= 0.6 is 0 Å². The number of nitrogens with one attached hydrogen (secondary N) is 2. The Kier molecular flexibility index (Phi) is 7.28. The maximum Gasteiger partial charge on any atom is 0.256 e. The molecule has 1 saturated heterocycles. The Morgan fingerprint density at radius 2 is 1.85 bits per heavy atom. The molecule has 1 heterocycles. The van der Waals surface area contributed by atoms with Gasteiger partial charge in [-0.3, -0.25) is 14.5 Å². The molecule has 0 saturated carbocycles. The summed E-state index contributed by atoms with van der Waals surface area (Å²) in [4.78, 5) is 27.6. The highest BCUT2D eigenvalue weighted by Gasteiger charge is 2.26. The van der Waals surface area contributed by atoms with Crippen molar-refractivity contribution in [1.82, 2.24) is 19.8 Å². The van der Waals surface area contributed by atoms with Crippen LogP contribution in [-0.2, 0) is 14.8 Å². The predicted octanol–water partition coefficient (Wildman–Crippen LogP) is 0.0178. The molecule has 2 rings (SSSR count). The minimum Gasteiger partial charge on any atom is -0.355 e. The zero-order valence-electron chi connectivity index (χ0n) is 15.5. The van der Waals surface area contributed by atoms with Crippen molar-refractivity contribution in [2.75, 3.05) is 46.3 Å². The molecule has 1 fully saturated rings. The third-order valence-corrected chi connectivity index (χ3v) is 5.76. The molecule has 0 aliphatic carbocycles. The fraction of sp³-hybridized carbons (Fsp3) is 0.529. The summed E-state index contributed by atoms with van der Waals surface area (Å²) in [5.41, 5.74) is -0.277. The van der Waals surface area contributed by atoms with Crippen LogP contribution in [0.5, 0.6) is 0 Å².